The van der Waals surface area contributed by atoms with Crippen LogP contribution in [0.4, 0.5) is 0 Å². The molecule has 0 heterocycles. The van der Waals surface area contributed by atoms with E-state index in [9.17, 15) is 0 Å². The first-order chi connectivity index (χ1) is 7.41. The largest absolute Gasteiger partial charge is 0.466 e. The van der Waals surface area contributed by atoms with Crippen molar-refractivity contribution in [1.29, 1.82) is 0 Å². The van der Waals surface area contributed by atoms with Crippen LogP contribution in [0.15, 0.2) is 0 Å². The van der Waals surface area contributed by atoms with E-state index in [-0.39, 0.29) is 0 Å². The summed E-state index contributed by atoms with van der Waals surface area (Å²) in [5.74, 6) is 0. The lowest BCUT2D eigenvalue weighted by Crippen LogP contribution is -2.16. The van der Waals surface area contributed by atoms with Gasteiger partial charge in [0.15, 0.2) is 0 Å². The van der Waals surface area contributed by atoms with Crippen LogP contribution in [0, 0.1) is 0 Å². The zero-order valence-corrected chi connectivity index (χ0v) is 11.2. The molecule has 0 atom stereocenters. The predicted octanol–water partition coefficient (Wildman–Crippen LogP) is 2.03. The first kappa shape index (κ1) is 18.4. The van der Waals surface area contributed by atoms with E-state index in [1.54, 1.807) is 0 Å². The summed E-state index contributed by atoms with van der Waals surface area (Å²) in [6, 6.07) is 0. The van der Waals surface area contributed by atoms with Crippen LogP contribution in [-0.4, -0.2) is 27.8 Å². The third-order valence-electron chi connectivity index (χ3n) is 1.91. The Morgan fingerprint density at radius 3 is 1.75 bits per heavy atom. The number of rotatable bonds is 8. The summed E-state index contributed by atoms with van der Waals surface area (Å²) in [6.45, 7) is 6.92. The molecule has 0 rings (SSSR count). The maximum atomic E-state index is 8.88. The van der Waals surface area contributed by atoms with Gasteiger partial charge >= 0.3 is 7.82 Å². The van der Waals surface area contributed by atoms with Gasteiger partial charge in [0.1, 0.15) is 0 Å². The molecular formula is C10H26NO4P. The lowest BCUT2D eigenvalue weighted by Gasteiger charge is -2.02. The molecule has 0 aromatic rings. The second-order valence-corrected chi connectivity index (χ2v) is 4.70. The molecule has 4 N–H and O–H groups in total. The monoisotopic (exact) mass is 255 g/mol. The fraction of sp³-hybridized carbons (Fsp3) is 1.00. The van der Waals surface area contributed by atoms with Crippen molar-refractivity contribution in [2.45, 2.75) is 52.4 Å². The Bertz CT molecular complexity index is 156. The van der Waals surface area contributed by atoms with Crippen LogP contribution in [0.3, 0.4) is 0 Å². The third-order valence-corrected chi connectivity index (χ3v) is 1.91. The van der Waals surface area contributed by atoms with Crippen LogP contribution >= 0.6 is 7.82 Å². The van der Waals surface area contributed by atoms with E-state index in [0.717, 1.165) is 0 Å². The van der Waals surface area contributed by atoms with E-state index >= 15 is 0 Å². The Morgan fingerprint density at radius 2 is 1.31 bits per heavy atom. The molecule has 0 amide bonds. The summed E-state index contributed by atoms with van der Waals surface area (Å²) < 4.78 is 8.88. The molecule has 0 saturated carbocycles. The van der Waals surface area contributed by atoms with Gasteiger partial charge in [-0.2, -0.15) is 0 Å². The molecule has 5 nitrogen and oxygen atoms in total. The molecule has 16 heavy (non-hydrogen) atoms. The number of unbranched alkanes of at least 4 members (excludes halogenated alkanes) is 4. The molecule has 0 aliphatic heterocycles. The van der Waals surface area contributed by atoms with Gasteiger partial charge in [-0.1, -0.05) is 39.5 Å². The number of hydrogen-bond acceptors (Lipinski definition) is 2. The van der Waals surface area contributed by atoms with Gasteiger partial charge in [-0.3, -0.25) is 0 Å². The van der Waals surface area contributed by atoms with Crippen molar-refractivity contribution in [1.82, 2.24) is 5.32 Å². The summed E-state index contributed by atoms with van der Waals surface area (Å²) in [4.78, 5) is 21.6. The predicted molar refractivity (Wildman–Crippen MR) is 66.2 cm³/mol. The highest BCUT2D eigenvalue weighted by Gasteiger charge is 2.00. The lowest BCUT2D eigenvalue weighted by molar-refractivity contribution is 0.275. The normalized spacial score (nSPS) is 10.8. The van der Waals surface area contributed by atoms with Crippen molar-refractivity contribution in [3.63, 3.8) is 0 Å². The standard InChI is InChI=1S/C10H23N.H3O4P/c1-3-5-7-8-10-11-9-6-4-2;1-5(2,3)4/h11H,3-10H2,1-2H3;(H3,1,2,3,4). The van der Waals surface area contributed by atoms with Crippen LogP contribution in [0.1, 0.15) is 52.4 Å². The van der Waals surface area contributed by atoms with E-state index in [1.807, 2.05) is 0 Å². The minimum atomic E-state index is -4.64. The van der Waals surface area contributed by atoms with E-state index in [4.69, 9.17) is 19.2 Å². The van der Waals surface area contributed by atoms with Crippen LogP contribution in [0.25, 0.3) is 0 Å². The fourth-order valence-electron chi connectivity index (χ4n) is 1.10. The molecule has 6 heteroatoms. The molecule has 0 fully saturated rings. The maximum Gasteiger partial charge on any atom is 0.466 e. The quantitative estimate of drug-likeness (QED) is 0.393. The molecule has 0 aromatic carbocycles. The number of phosphoric acid groups is 1. The molecule has 0 saturated heterocycles. The minimum absolute atomic E-state index is 1.21. The number of nitrogens with one attached hydrogen (secondary N) is 1. The first-order valence-electron chi connectivity index (χ1n) is 5.90. The summed E-state index contributed by atoms with van der Waals surface area (Å²) >= 11 is 0. The molecule has 0 aromatic heterocycles. The SMILES string of the molecule is CCCCCCNCCCC.O=P(O)(O)O. The van der Waals surface area contributed by atoms with Gasteiger partial charge in [-0.05, 0) is 25.9 Å². The van der Waals surface area contributed by atoms with E-state index < -0.39 is 7.82 Å². The average molecular weight is 255 g/mol. The highest BCUT2D eigenvalue weighted by Crippen LogP contribution is 2.25. The van der Waals surface area contributed by atoms with Gasteiger partial charge in [0, 0.05) is 0 Å². The molecule has 0 aliphatic carbocycles. The highest BCUT2D eigenvalue weighted by molar-refractivity contribution is 7.45. The molecule has 0 bridgehead atoms. The maximum absolute atomic E-state index is 8.88. The Kier molecular flexibility index (Phi) is 15.1. The molecule has 0 aliphatic rings. The summed E-state index contributed by atoms with van der Waals surface area (Å²) in [5, 5.41) is 3.45. The summed E-state index contributed by atoms with van der Waals surface area (Å²) in [7, 11) is -4.64. The smallest absolute Gasteiger partial charge is 0.317 e. The van der Waals surface area contributed by atoms with Gasteiger partial charge in [0.2, 0.25) is 0 Å². The molecule has 100 valence electrons. The zero-order valence-electron chi connectivity index (χ0n) is 10.4. The van der Waals surface area contributed by atoms with Gasteiger partial charge in [-0.25, -0.2) is 4.57 Å². The van der Waals surface area contributed by atoms with Crippen LogP contribution in [0.2, 0.25) is 0 Å². The second kappa shape index (κ2) is 13.1. The molecule has 0 spiro atoms. The van der Waals surface area contributed by atoms with Gasteiger partial charge in [0.25, 0.3) is 0 Å². The molecule has 0 unspecified atom stereocenters. The fourth-order valence-corrected chi connectivity index (χ4v) is 1.10. The Labute approximate surface area is 98.5 Å². The molecular weight excluding hydrogens is 229 g/mol. The van der Waals surface area contributed by atoms with Gasteiger partial charge in [0.05, 0.1) is 0 Å². The van der Waals surface area contributed by atoms with Crippen LogP contribution in [-0.2, 0) is 4.57 Å². The van der Waals surface area contributed by atoms with Crippen LogP contribution < -0.4 is 5.32 Å². The Morgan fingerprint density at radius 1 is 0.875 bits per heavy atom. The van der Waals surface area contributed by atoms with E-state index in [2.05, 4.69) is 19.2 Å². The van der Waals surface area contributed by atoms with Crippen molar-refractivity contribution in [3.8, 4) is 0 Å². The summed E-state index contributed by atoms with van der Waals surface area (Å²) in [6.07, 6.45) is 8.13. The lowest BCUT2D eigenvalue weighted by atomic mass is 10.2. The van der Waals surface area contributed by atoms with Crippen molar-refractivity contribution in [2.24, 2.45) is 0 Å². The third kappa shape index (κ3) is 36.9. The van der Waals surface area contributed by atoms with Crippen LogP contribution in [0.5, 0.6) is 0 Å². The minimum Gasteiger partial charge on any atom is -0.317 e. The summed E-state index contributed by atoms with van der Waals surface area (Å²) in [5.41, 5.74) is 0. The zero-order chi connectivity index (χ0) is 12.9. The van der Waals surface area contributed by atoms with Gasteiger partial charge in [-0.15, -0.1) is 0 Å². The average Bonchev–Trinajstić information content (AvgIpc) is 2.14. The van der Waals surface area contributed by atoms with E-state index in [0.29, 0.717) is 0 Å². The van der Waals surface area contributed by atoms with Crippen molar-refractivity contribution in [3.05, 3.63) is 0 Å². The second-order valence-electron chi connectivity index (χ2n) is 3.68. The topological polar surface area (TPSA) is 89.8 Å². The first-order valence-corrected chi connectivity index (χ1v) is 7.47. The van der Waals surface area contributed by atoms with Crippen molar-refractivity contribution >= 4 is 7.82 Å². The number of hydrogen-bond donors (Lipinski definition) is 4. The van der Waals surface area contributed by atoms with Crippen molar-refractivity contribution in [2.75, 3.05) is 13.1 Å². The Hall–Kier alpha value is 0.0700. The van der Waals surface area contributed by atoms with E-state index in [1.165, 1.54) is 51.6 Å². The highest BCUT2D eigenvalue weighted by atomic mass is 31.2. The van der Waals surface area contributed by atoms with Crippen molar-refractivity contribution < 1.29 is 19.2 Å². The molecule has 0 radical (unpaired) electrons. The van der Waals surface area contributed by atoms with Gasteiger partial charge < -0.3 is 20.0 Å². The Balaban J connectivity index is 0.